The molecule has 0 aliphatic carbocycles. The fourth-order valence-corrected chi connectivity index (χ4v) is 1.47. The van der Waals surface area contributed by atoms with E-state index in [9.17, 15) is 15.3 Å². The van der Waals surface area contributed by atoms with Gasteiger partial charge in [0.05, 0.1) is 12.6 Å². The number of aliphatic imine (C=N–C) groups is 1. The van der Waals surface area contributed by atoms with Crippen LogP contribution in [0, 0.1) is 0 Å². The Balaban J connectivity index is 2.74. The number of nitrogens with zero attached hydrogens (tertiary/aromatic N) is 1. The minimum Gasteiger partial charge on any atom is -0.394 e. The van der Waals surface area contributed by atoms with Crippen molar-refractivity contribution >= 4 is 5.84 Å². The number of aliphatic hydroxyl groups excluding tert-OH is 4. The zero-order chi connectivity index (χ0) is 11.4. The van der Waals surface area contributed by atoms with Crippen LogP contribution in [0.5, 0.6) is 0 Å². The predicted molar refractivity (Wildman–Crippen MR) is 54.6 cm³/mol. The van der Waals surface area contributed by atoms with Gasteiger partial charge in [0.2, 0.25) is 0 Å². The monoisotopic (exact) mass is 218 g/mol. The minimum absolute atomic E-state index is 0.230. The van der Waals surface area contributed by atoms with Gasteiger partial charge in [0.1, 0.15) is 24.1 Å². The molecule has 5 N–H and O–H groups in total. The minimum atomic E-state index is -1.31. The number of hydrogen-bond acceptors (Lipinski definition) is 5. The second-order valence-corrected chi connectivity index (χ2v) is 3.63. The molecule has 0 unspecified atom stereocenters. The van der Waals surface area contributed by atoms with Crippen LogP contribution in [-0.4, -0.2) is 63.8 Å². The largest absolute Gasteiger partial charge is 0.394 e. The van der Waals surface area contributed by atoms with Gasteiger partial charge in [0.25, 0.3) is 0 Å². The highest BCUT2D eigenvalue weighted by atomic mass is 16.4. The highest BCUT2D eigenvalue weighted by molar-refractivity contribution is 5.88. The summed E-state index contributed by atoms with van der Waals surface area (Å²) in [5.74, 6) is 0.230. The molecular weight excluding hydrogens is 200 g/mol. The summed E-state index contributed by atoms with van der Waals surface area (Å²) < 4.78 is 0. The lowest BCUT2D eigenvalue weighted by Crippen LogP contribution is -2.63. The van der Waals surface area contributed by atoms with E-state index in [1.807, 2.05) is 6.92 Å². The van der Waals surface area contributed by atoms with E-state index in [4.69, 9.17) is 5.11 Å². The van der Waals surface area contributed by atoms with E-state index in [-0.39, 0.29) is 12.4 Å². The Morgan fingerprint density at radius 2 is 1.93 bits per heavy atom. The average molecular weight is 218 g/mol. The molecular formula is C9H18N2O4. The lowest BCUT2D eigenvalue weighted by molar-refractivity contribution is -0.0681. The number of piperidine rings is 1. The van der Waals surface area contributed by atoms with E-state index in [2.05, 4.69) is 10.3 Å². The van der Waals surface area contributed by atoms with Crippen molar-refractivity contribution < 1.29 is 20.4 Å². The standard InChI is InChI=1S/C9H18N2O4/c1-2-3-10-9-8(15)7(14)6(13)5(4-12)11-9/h5-8,12-15H,2-4H2,1H3,(H,10,11)/t5-,6-,7+,8-/m1/s1. The van der Waals surface area contributed by atoms with Gasteiger partial charge in [-0.05, 0) is 6.42 Å². The van der Waals surface area contributed by atoms with E-state index < -0.39 is 24.4 Å². The van der Waals surface area contributed by atoms with Crippen LogP contribution >= 0.6 is 0 Å². The zero-order valence-corrected chi connectivity index (χ0v) is 8.67. The number of hydrogen-bond donors (Lipinski definition) is 5. The van der Waals surface area contributed by atoms with Crippen molar-refractivity contribution in [1.29, 1.82) is 0 Å². The highest BCUT2D eigenvalue weighted by Gasteiger charge is 2.39. The van der Waals surface area contributed by atoms with Crippen molar-refractivity contribution in [3.8, 4) is 0 Å². The molecule has 0 aromatic carbocycles. The van der Waals surface area contributed by atoms with Crippen LogP contribution in [0.25, 0.3) is 0 Å². The first-order valence-corrected chi connectivity index (χ1v) is 5.07. The van der Waals surface area contributed by atoms with Crippen molar-refractivity contribution in [2.75, 3.05) is 13.2 Å². The third-order valence-corrected chi connectivity index (χ3v) is 2.40. The maximum atomic E-state index is 9.56. The van der Waals surface area contributed by atoms with Crippen molar-refractivity contribution in [3.05, 3.63) is 0 Å². The molecule has 0 saturated carbocycles. The van der Waals surface area contributed by atoms with Crippen molar-refractivity contribution in [2.45, 2.75) is 37.7 Å². The maximum absolute atomic E-state index is 9.56. The van der Waals surface area contributed by atoms with Crippen molar-refractivity contribution in [2.24, 2.45) is 4.99 Å². The SMILES string of the molecule is CCCN=C1N[C@H](CO)[C@@H](O)[C@H](O)[C@H]1O. The quantitative estimate of drug-likeness (QED) is 0.371. The van der Waals surface area contributed by atoms with Crippen LogP contribution < -0.4 is 5.32 Å². The Morgan fingerprint density at radius 1 is 1.27 bits per heavy atom. The maximum Gasteiger partial charge on any atom is 0.139 e. The van der Waals surface area contributed by atoms with Crippen LogP contribution in [-0.2, 0) is 0 Å². The summed E-state index contributed by atoms with van der Waals surface area (Å²) >= 11 is 0. The Bertz CT molecular complexity index is 232. The first kappa shape index (κ1) is 12.4. The third-order valence-electron chi connectivity index (χ3n) is 2.40. The molecule has 1 heterocycles. The Morgan fingerprint density at radius 3 is 2.47 bits per heavy atom. The molecule has 0 bridgehead atoms. The van der Waals surface area contributed by atoms with Crippen LogP contribution in [0.1, 0.15) is 13.3 Å². The Hall–Kier alpha value is -0.690. The van der Waals surface area contributed by atoms with E-state index >= 15 is 0 Å². The molecule has 1 saturated heterocycles. The molecule has 1 aliphatic heterocycles. The van der Waals surface area contributed by atoms with E-state index in [1.54, 1.807) is 0 Å². The van der Waals surface area contributed by atoms with E-state index in [1.165, 1.54) is 0 Å². The van der Waals surface area contributed by atoms with Gasteiger partial charge in [-0.25, -0.2) is 0 Å². The zero-order valence-electron chi connectivity index (χ0n) is 8.67. The second-order valence-electron chi connectivity index (χ2n) is 3.63. The predicted octanol–water partition coefficient (Wildman–Crippen LogP) is -2.16. The number of amidine groups is 1. The molecule has 15 heavy (non-hydrogen) atoms. The normalized spacial score (nSPS) is 39.1. The fraction of sp³-hybridized carbons (Fsp3) is 0.889. The Kier molecular flexibility index (Phi) is 4.46. The van der Waals surface area contributed by atoms with Gasteiger partial charge in [0, 0.05) is 6.54 Å². The van der Waals surface area contributed by atoms with Gasteiger partial charge >= 0.3 is 0 Å². The summed E-state index contributed by atoms with van der Waals surface area (Å²) in [4.78, 5) is 4.04. The van der Waals surface area contributed by atoms with E-state index in [0.29, 0.717) is 6.54 Å². The molecule has 6 nitrogen and oxygen atoms in total. The van der Waals surface area contributed by atoms with Crippen molar-refractivity contribution in [3.63, 3.8) is 0 Å². The second kappa shape index (κ2) is 5.41. The molecule has 88 valence electrons. The molecule has 6 heteroatoms. The number of rotatable bonds is 3. The summed E-state index contributed by atoms with van der Waals surface area (Å²) in [6.07, 6.45) is -2.89. The average Bonchev–Trinajstić information content (AvgIpc) is 2.25. The summed E-state index contributed by atoms with van der Waals surface area (Å²) in [5.41, 5.74) is 0. The molecule has 0 aromatic heterocycles. The van der Waals surface area contributed by atoms with Gasteiger partial charge < -0.3 is 25.7 Å². The molecule has 1 aliphatic rings. The van der Waals surface area contributed by atoms with Crippen LogP contribution in [0.15, 0.2) is 4.99 Å². The Labute approximate surface area is 88.3 Å². The summed E-state index contributed by atoms with van der Waals surface area (Å²) in [6.45, 7) is 2.14. The first-order valence-electron chi connectivity index (χ1n) is 5.07. The van der Waals surface area contributed by atoms with Crippen LogP contribution in [0.3, 0.4) is 0 Å². The first-order chi connectivity index (χ1) is 7.11. The molecule has 0 radical (unpaired) electrons. The van der Waals surface area contributed by atoms with Gasteiger partial charge in [-0.2, -0.15) is 0 Å². The van der Waals surface area contributed by atoms with E-state index in [0.717, 1.165) is 6.42 Å². The van der Waals surface area contributed by atoms with Gasteiger partial charge in [-0.1, -0.05) is 6.92 Å². The van der Waals surface area contributed by atoms with Gasteiger partial charge in [0.15, 0.2) is 0 Å². The smallest absolute Gasteiger partial charge is 0.139 e. The summed E-state index contributed by atoms with van der Waals surface area (Å²) in [7, 11) is 0. The molecule has 1 rings (SSSR count). The lowest BCUT2D eigenvalue weighted by atomic mass is 9.95. The highest BCUT2D eigenvalue weighted by Crippen LogP contribution is 2.12. The fourth-order valence-electron chi connectivity index (χ4n) is 1.47. The topological polar surface area (TPSA) is 105 Å². The number of aliphatic hydroxyl groups is 4. The molecule has 1 fully saturated rings. The summed E-state index contributed by atoms with van der Waals surface area (Å²) in [6, 6.07) is -0.681. The van der Waals surface area contributed by atoms with Gasteiger partial charge in [-0.15, -0.1) is 0 Å². The molecule has 0 amide bonds. The molecule has 0 aromatic rings. The summed E-state index contributed by atoms with van der Waals surface area (Å²) in [5, 5.41) is 40.2. The van der Waals surface area contributed by atoms with Crippen LogP contribution in [0.2, 0.25) is 0 Å². The van der Waals surface area contributed by atoms with Crippen LogP contribution in [0.4, 0.5) is 0 Å². The van der Waals surface area contributed by atoms with Gasteiger partial charge in [-0.3, -0.25) is 4.99 Å². The lowest BCUT2D eigenvalue weighted by Gasteiger charge is -2.36. The molecule has 0 spiro atoms. The number of nitrogens with one attached hydrogen (secondary N) is 1. The van der Waals surface area contributed by atoms with Crippen molar-refractivity contribution in [1.82, 2.24) is 5.32 Å². The third kappa shape index (κ3) is 2.66. The molecule has 4 atom stereocenters.